The Labute approximate surface area is 127 Å². The van der Waals surface area contributed by atoms with E-state index in [0.717, 1.165) is 11.6 Å². The normalized spacial score (nSPS) is 32.1. The predicted molar refractivity (Wildman–Crippen MR) is 75.3 cm³/mol. The van der Waals surface area contributed by atoms with Gasteiger partial charge in [0.1, 0.15) is 18.3 Å². The van der Waals surface area contributed by atoms with Crippen molar-refractivity contribution in [1.82, 2.24) is 0 Å². The average molecular weight is 310 g/mol. The van der Waals surface area contributed by atoms with Crippen molar-refractivity contribution >= 4 is 12.0 Å². The Morgan fingerprint density at radius 2 is 1.86 bits per heavy atom. The van der Waals surface area contributed by atoms with E-state index in [1.807, 2.05) is 6.07 Å². The highest BCUT2D eigenvalue weighted by molar-refractivity contribution is 5.87. The Hall–Kier alpha value is -1.77. The molecule has 120 valence electrons. The lowest BCUT2D eigenvalue weighted by Crippen LogP contribution is -2.59. The van der Waals surface area contributed by atoms with E-state index >= 15 is 0 Å². The number of carbonyl (C=O) groups is 1. The second-order valence-corrected chi connectivity index (χ2v) is 4.87. The van der Waals surface area contributed by atoms with Crippen LogP contribution >= 0.6 is 0 Å². The highest BCUT2D eigenvalue weighted by Crippen LogP contribution is 2.22. The summed E-state index contributed by atoms with van der Waals surface area (Å²) in [4.78, 5) is 11.7. The van der Waals surface area contributed by atoms with Gasteiger partial charge in [-0.05, 0) is 11.6 Å². The molecule has 22 heavy (non-hydrogen) atoms. The molecular formula is C15H18O7. The first-order valence-corrected chi connectivity index (χ1v) is 6.77. The van der Waals surface area contributed by atoms with Crippen LogP contribution in [0.2, 0.25) is 0 Å². The van der Waals surface area contributed by atoms with Crippen LogP contribution in [0.15, 0.2) is 36.4 Å². The Morgan fingerprint density at radius 3 is 2.50 bits per heavy atom. The molecule has 1 aromatic rings. The molecule has 0 spiro atoms. The van der Waals surface area contributed by atoms with Crippen LogP contribution in [0.1, 0.15) is 5.56 Å². The maximum absolute atomic E-state index is 11.7. The van der Waals surface area contributed by atoms with Gasteiger partial charge >= 0.3 is 5.97 Å². The minimum Gasteiger partial charge on any atom is -0.451 e. The summed E-state index contributed by atoms with van der Waals surface area (Å²) in [6, 6.07) is 9.01. The smallest absolute Gasteiger partial charge is 0.331 e. The fourth-order valence-corrected chi connectivity index (χ4v) is 2.10. The number of ether oxygens (including phenoxy) is 2. The lowest BCUT2D eigenvalue weighted by molar-refractivity contribution is -0.289. The zero-order valence-electron chi connectivity index (χ0n) is 11.6. The number of benzene rings is 1. The molecule has 0 saturated carbocycles. The van der Waals surface area contributed by atoms with Crippen molar-refractivity contribution < 1.29 is 34.7 Å². The van der Waals surface area contributed by atoms with Crippen LogP contribution in [0.5, 0.6) is 0 Å². The topological polar surface area (TPSA) is 116 Å². The number of aliphatic hydroxyl groups is 4. The summed E-state index contributed by atoms with van der Waals surface area (Å²) in [5.74, 6) is -0.801. The summed E-state index contributed by atoms with van der Waals surface area (Å²) in [6.07, 6.45) is -4.59. The van der Waals surface area contributed by atoms with Gasteiger partial charge in [-0.1, -0.05) is 30.3 Å². The van der Waals surface area contributed by atoms with E-state index in [9.17, 15) is 20.1 Å². The standard InChI is InChI=1S/C15H18O7/c16-8-10-12(18)13(19)14(15(20)21-10)22-11(17)7-6-9-4-2-1-3-5-9/h1-7,10,12-16,18-20H,8H2/t10-,12-,13+,14-,15-/m1/s1. The SMILES string of the molecule is O=C(C=Cc1ccccc1)O[C@@H]1[C@@H](O)[C@H](O)[C@@H](CO)O[C@H]1O. The zero-order valence-corrected chi connectivity index (χ0v) is 11.6. The van der Waals surface area contributed by atoms with Crippen molar-refractivity contribution in [3.63, 3.8) is 0 Å². The molecule has 0 radical (unpaired) electrons. The second kappa shape index (κ2) is 7.48. The van der Waals surface area contributed by atoms with E-state index in [1.165, 1.54) is 6.08 Å². The number of hydrogen-bond donors (Lipinski definition) is 4. The quantitative estimate of drug-likeness (QED) is 0.418. The van der Waals surface area contributed by atoms with E-state index in [4.69, 9.17) is 14.6 Å². The summed E-state index contributed by atoms with van der Waals surface area (Å²) in [7, 11) is 0. The third-order valence-electron chi connectivity index (χ3n) is 3.31. The van der Waals surface area contributed by atoms with Gasteiger partial charge in [0, 0.05) is 6.08 Å². The third kappa shape index (κ3) is 3.90. The van der Waals surface area contributed by atoms with Gasteiger partial charge < -0.3 is 29.9 Å². The van der Waals surface area contributed by atoms with Crippen molar-refractivity contribution in [2.24, 2.45) is 0 Å². The molecule has 0 aromatic heterocycles. The monoisotopic (exact) mass is 310 g/mol. The second-order valence-electron chi connectivity index (χ2n) is 4.87. The van der Waals surface area contributed by atoms with Crippen LogP contribution in [-0.2, 0) is 14.3 Å². The fourth-order valence-electron chi connectivity index (χ4n) is 2.10. The van der Waals surface area contributed by atoms with Crippen LogP contribution in [-0.4, -0.2) is 63.7 Å². The molecule has 1 aliphatic rings. The number of hydrogen-bond acceptors (Lipinski definition) is 7. The van der Waals surface area contributed by atoms with E-state index in [2.05, 4.69) is 0 Å². The summed E-state index contributed by atoms with van der Waals surface area (Å²) in [5.41, 5.74) is 0.779. The molecule has 7 nitrogen and oxygen atoms in total. The molecule has 1 heterocycles. The third-order valence-corrected chi connectivity index (χ3v) is 3.31. The highest BCUT2D eigenvalue weighted by Gasteiger charge is 2.45. The first kappa shape index (κ1) is 16.6. The summed E-state index contributed by atoms with van der Waals surface area (Å²) in [6.45, 7) is -0.580. The molecule has 7 heteroatoms. The number of esters is 1. The van der Waals surface area contributed by atoms with Crippen molar-refractivity contribution in [2.75, 3.05) is 6.61 Å². The maximum Gasteiger partial charge on any atom is 0.331 e. The molecule has 2 rings (SSSR count). The van der Waals surface area contributed by atoms with Crippen LogP contribution in [0.3, 0.4) is 0 Å². The molecule has 0 unspecified atom stereocenters. The molecule has 1 fully saturated rings. The molecule has 1 aliphatic heterocycles. The lowest BCUT2D eigenvalue weighted by atomic mass is 9.99. The van der Waals surface area contributed by atoms with Crippen molar-refractivity contribution in [3.05, 3.63) is 42.0 Å². The van der Waals surface area contributed by atoms with Crippen LogP contribution in [0.4, 0.5) is 0 Å². The Bertz CT molecular complexity index is 516. The van der Waals surface area contributed by atoms with Gasteiger partial charge in [0.2, 0.25) is 0 Å². The van der Waals surface area contributed by atoms with Crippen LogP contribution in [0.25, 0.3) is 6.08 Å². The Balaban J connectivity index is 1.97. The molecule has 4 N–H and O–H groups in total. The van der Waals surface area contributed by atoms with Crippen LogP contribution in [0, 0.1) is 0 Å². The molecule has 5 atom stereocenters. The first-order chi connectivity index (χ1) is 10.5. The fraction of sp³-hybridized carbons (Fsp3) is 0.400. The minimum absolute atomic E-state index is 0.580. The molecular weight excluding hydrogens is 292 g/mol. The number of rotatable bonds is 4. The average Bonchev–Trinajstić information content (AvgIpc) is 2.54. The van der Waals surface area contributed by atoms with Gasteiger partial charge in [-0.3, -0.25) is 0 Å². The number of carbonyl (C=O) groups excluding carboxylic acids is 1. The van der Waals surface area contributed by atoms with E-state index in [-0.39, 0.29) is 0 Å². The molecule has 0 aliphatic carbocycles. The molecule has 1 saturated heterocycles. The predicted octanol–water partition coefficient (Wildman–Crippen LogP) is -0.957. The summed E-state index contributed by atoms with van der Waals surface area (Å²) in [5, 5.41) is 38.2. The minimum atomic E-state index is -1.63. The van der Waals surface area contributed by atoms with Gasteiger partial charge in [0.15, 0.2) is 12.4 Å². The lowest BCUT2D eigenvalue weighted by Gasteiger charge is -2.39. The van der Waals surface area contributed by atoms with Crippen molar-refractivity contribution in [1.29, 1.82) is 0 Å². The zero-order chi connectivity index (χ0) is 16.1. The molecule has 0 amide bonds. The van der Waals surface area contributed by atoms with E-state index in [0.29, 0.717) is 0 Å². The van der Waals surface area contributed by atoms with Gasteiger partial charge in [0.05, 0.1) is 6.61 Å². The van der Waals surface area contributed by atoms with Gasteiger partial charge in [-0.25, -0.2) is 4.79 Å². The van der Waals surface area contributed by atoms with Crippen molar-refractivity contribution in [3.8, 4) is 0 Å². The van der Waals surface area contributed by atoms with Gasteiger partial charge in [-0.15, -0.1) is 0 Å². The Kier molecular flexibility index (Phi) is 5.64. The summed E-state index contributed by atoms with van der Waals surface area (Å²) < 4.78 is 9.80. The molecule has 0 bridgehead atoms. The molecule has 1 aromatic carbocycles. The van der Waals surface area contributed by atoms with Gasteiger partial charge in [0.25, 0.3) is 0 Å². The van der Waals surface area contributed by atoms with E-state index < -0.39 is 43.3 Å². The first-order valence-electron chi connectivity index (χ1n) is 6.77. The number of aliphatic hydroxyl groups excluding tert-OH is 4. The maximum atomic E-state index is 11.7. The van der Waals surface area contributed by atoms with Crippen LogP contribution < -0.4 is 0 Å². The summed E-state index contributed by atoms with van der Waals surface area (Å²) >= 11 is 0. The van der Waals surface area contributed by atoms with Crippen molar-refractivity contribution in [2.45, 2.75) is 30.7 Å². The van der Waals surface area contributed by atoms with E-state index in [1.54, 1.807) is 24.3 Å². The Morgan fingerprint density at radius 1 is 1.18 bits per heavy atom. The highest BCUT2D eigenvalue weighted by atomic mass is 16.7. The largest absolute Gasteiger partial charge is 0.451 e. The van der Waals surface area contributed by atoms with Gasteiger partial charge in [-0.2, -0.15) is 0 Å².